The summed E-state index contributed by atoms with van der Waals surface area (Å²) in [6, 6.07) is 0. The number of carboxylic acids is 1. The van der Waals surface area contributed by atoms with Crippen molar-refractivity contribution in [3.63, 3.8) is 0 Å². The zero-order valence-electron chi connectivity index (χ0n) is 55.1. The van der Waals surface area contributed by atoms with Gasteiger partial charge in [-0.25, -0.2) is 4.79 Å². The molecule has 0 bridgehead atoms. The first-order valence-corrected chi connectivity index (χ1v) is 35.1. The van der Waals surface area contributed by atoms with Crippen molar-refractivity contribution in [2.24, 2.45) is 0 Å². The van der Waals surface area contributed by atoms with Crippen LogP contribution in [-0.2, 0) is 33.3 Å². The summed E-state index contributed by atoms with van der Waals surface area (Å²) < 4.78 is 22.9. The van der Waals surface area contributed by atoms with Crippen molar-refractivity contribution < 1.29 is 42.9 Å². The number of likely N-dealkylation sites (N-methyl/N-ethyl adjacent to an activating group) is 1. The molecule has 0 saturated carbocycles. The topological polar surface area (TPSA) is 108 Å². The molecule has 0 fully saturated rings. The number of hydrogen-bond donors (Lipinski definition) is 1. The Morgan fingerprint density at radius 2 is 0.687 bits per heavy atom. The minimum Gasteiger partial charge on any atom is -0.477 e. The number of carbonyl (C=O) groups is 3. The second-order valence-electron chi connectivity index (χ2n) is 24.8. The van der Waals surface area contributed by atoms with Gasteiger partial charge in [-0.2, -0.15) is 0 Å². The highest BCUT2D eigenvalue weighted by atomic mass is 16.7. The summed E-state index contributed by atoms with van der Waals surface area (Å²) in [4.78, 5) is 37.5. The van der Waals surface area contributed by atoms with Crippen LogP contribution in [-0.4, -0.2) is 87.4 Å². The average molecular weight is 1170 g/mol. The Balaban J connectivity index is 3.92. The van der Waals surface area contributed by atoms with Crippen LogP contribution in [0.4, 0.5) is 0 Å². The van der Waals surface area contributed by atoms with Gasteiger partial charge in [0, 0.05) is 12.8 Å². The van der Waals surface area contributed by atoms with Gasteiger partial charge in [0.15, 0.2) is 6.10 Å². The molecule has 83 heavy (non-hydrogen) atoms. The van der Waals surface area contributed by atoms with Crippen LogP contribution in [0.5, 0.6) is 0 Å². The number of unbranched alkanes of at least 4 members (excludes halogenated alkanes) is 38. The normalized spacial score (nSPS) is 13.1. The van der Waals surface area contributed by atoms with Crippen molar-refractivity contribution in [3.8, 4) is 0 Å². The van der Waals surface area contributed by atoms with E-state index in [1.54, 1.807) is 0 Å². The average Bonchev–Trinajstić information content (AvgIpc) is 3.46. The first-order valence-electron chi connectivity index (χ1n) is 35.1. The first kappa shape index (κ1) is 79.7. The Hall–Kier alpha value is -3.27. The van der Waals surface area contributed by atoms with Crippen molar-refractivity contribution in [2.45, 2.75) is 334 Å². The van der Waals surface area contributed by atoms with Gasteiger partial charge < -0.3 is 28.5 Å². The predicted molar refractivity (Wildman–Crippen MR) is 355 cm³/mol. The molecule has 9 heteroatoms. The molecule has 0 spiro atoms. The van der Waals surface area contributed by atoms with Crippen LogP contribution in [0.15, 0.2) is 72.9 Å². The third-order valence-electron chi connectivity index (χ3n) is 15.4. The number of allylic oxidation sites excluding steroid dienone is 12. The molecular formula is C74H134NO8+. The van der Waals surface area contributed by atoms with Gasteiger partial charge in [0.2, 0.25) is 0 Å². The fraction of sp³-hybridized carbons (Fsp3) is 0.797. The molecule has 0 aliphatic heterocycles. The van der Waals surface area contributed by atoms with Crippen molar-refractivity contribution in [2.75, 3.05) is 47.5 Å². The zero-order valence-corrected chi connectivity index (χ0v) is 55.1. The Morgan fingerprint density at radius 3 is 1.02 bits per heavy atom. The van der Waals surface area contributed by atoms with E-state index < -0.39 is 24.3 Å². The lowest BCUT2D eigenvalue weighted by molar-refractivity contribution is -0.870. The second kappa shape index (κ2) is 64.7. The largest absolute Gasteiger partial charge is 0.477 e. The van der Waals surface area contributed by atoms with E-state index in [1.165, 1.54) is 212 Å². The molecule has 0 aromatic carbocycles. The van der Waals surface area contributed by atoms with Crippen LogP contribution >= 0.6 is 0 Å². The molecule has 0 heterocycles. The van der Waals surface area contributed by atoms with E-state index in [-0.39, 0.29) is 32.2 Å². The molecular weight excluding hydrogens is 1030 g/mol. The molecule has 0 amide bonds. The van der Waals surface area contributed by atoms with Crippen molar-refractivity contribution in [1.29, 1.82) is 0 Å². The molecule has 0 aromatic rings. The standard InChI is InChI=1S/C74H133NO8/c1-6-8-10-12-14-16-18-20-22-24-25-26-27-28-29-30-31-32-33-34-35-36-37-38-39-40-41-42-43-44-45-46-47-49-50-52-54-56-58-60-62-64-71(76)81-68-70(69-82-74(73(78)79)80-67-66-75(3,4)5)83-72(77)65-63-61-59-57-55-53-51-48-23-21-19-17-15-13-11-9-7-2/h9,11,15,17-18,20-21,23-25,51,53,70,74H,6-8,10,12-14,16,19,22,26-50,52,54-69H2,1-5H3/p+1/b11-9-,17-15-,20-18-,23-21-,25-24-,53-51-. The number of aliphatic carboxylic acids is 1. The smallest absolute Gasteiger partial charge is 0.361 e. The zero-order chi connectivity index (χ0) is 60.5. The van der Waals surface area contributed by atoms with Gasteiger partial charge in [0.25, 0.3) is 6.29 Å². The Kier molecular flexibility index (Phi) is 62.2. The summed E-state index contributed by atoms with van der Waals surface area (Å²) in [5, 5.41) is 9.72. The van der Waals surface area contributed by atoms with Crippen LogP contribution < -0.4 is 0 Å². The Labute approximate surface area is 513 Å². The molecule has 0 rings (SSSR count). The van der Waals surface area contributed by atoms with E-state index >= 15 is 0 Å². The third-order valence-corrected chi connectivity index (χ3v) is 15.4. The summed E-state index contributed by atoms with van der Waals surface area (Å²) in [6.45, 7) is 4.75. The highest BCUT2D eigenvalue weighted by molar-refractivity contribution is 5.71. The predicted octanol–water partition coefficient (Wildman–Crippen LogP) is 21.7. The van der Waals surface area contributed by atoms with Gasteiger partial charge in [0.1, 0.15) is 13.2 Å². The Bertz CT molecular complexity index is 1590. The second-order valence-corrected chi connectivity index (χ2v) is 24.8. The molecule has 482 valence electrons. The minimum absolute atomic E-state index is 0.181. The maximum atomic E-state index is 12.9. The van der Waals surface area contributed by atoms with Crippen molar-refractivity contribution in [1.82, 2.24) is 0 Å². The minimum atomic E-state index is -1.52. The van der Waals surface area contributed by atoms with Crippen molar-refractivity contribution in [3.05, 3.63) is 72.9 Å². The number of carboxylic acid groups (broad SMARTS) is 1. The highest BCUT2D eigenvalue weighted by Gasteiger charge is 2.25. The van der Waals surface area contributed by atoms with Crippen LogP contribution in [0.2, 0.25) is 0 Å². The molecule has 0 radical (unpaired) electrons. The first-order chi connectivity index (χ1) is 40.6. The molecule has 2 atom stereocenters. The fourth-order valence-electron chi connectivity index (χ4n) is 10.1. The number of nitrogens with zero attached hydrogens (tertiary/aromatic N) is 1. The van der Waals surface area contributed by atoms with Gasteiger partial charge in [-0.3, -0.25) is 9.59 Å². The molecule has 2 unspecified atom stereocenters. The van der Waals surface area contributed by atoms with E-state index in [2.05, 4.69) is 86.8 Å². The lowest BCUT2D eigenvalue weighted by Crippen LogP contribution is -2.40. The molecule has 9 nitrogen and oxygen atoms in total. The summed E-state index contributed by atoms with van der Waals surface area (Å²) in [6.07, 6.45) is 83.4. The van der Waals surface area contributed by atoms with E-state index in [1.807, 2.05) is 21.1 Å². The summed E-state index contributed by atoms with van der Waals surface area (Å²) in [7, 11) is 5.97. The number of carbonyl (C=O) groups excluding carboxylic acids is 2. The van der Waals surface area contributed by atoms with Gasteiger partial charge in [0.05, 0.1) is 34.4 Å². The molecule has 0 saturated heterocycles. The summed E-state index contributed by atoms with van der Waals surface area (Å²) in [5.74, 6) is -2.03. The third kappa shape index (κ3) is 66.1. The fourth-order valence-corrected chi connectivity index (χ4v) is 10.1. The number of rotatable bonds is 65. The molecule has 0 aliphatic rings. The maximum absolute atomic E-state index is 12.9. The number of quaternary nitrogens is 1. The van der Waals surface area contributed by atoms with E-state index in [4.69, 9.17) is 18.9 Å². The van der Waals surface area contributed by atoms with Crippen molar-refractivity contribution >= 4 is 17.9 Å². The SMILES string of the molecule is CC/C=C\C/C=C\C/C=C\C/C=C\CCCCCCC(=O)OC(COC(=O)CCCCCCCCCCCCCCCCCCCCCCCCCCCCCCC/C=C\C/C=C\CCCCCCC)COC(OCC[N+](C)(C)C)C(=O)O. The number of esters is 2. The molecule has 1 N–H and O–H groups in total. The van der Waals surface area contributed by atoms with Gasteiger partial charge in [-0.1, -0.05) is 299 Å². The van der Waals surface area contributed by atoms with Crippen LogP contribution in [0.3, 0.4) is 0 Å². The van der Waals surface area contributed by atoms with E-state index in [9.17, 15) is 19.5 Å². The van der Waals surface area contributed by atoms with E-state index in [0.29, 0.717) is 23.9 Å². The van der Waals surface area contributed by atoms with Crippen LogP contribution in [0.25, 0.3) is 0 Å². The van der Waals surface area contributed by atoms with Crippen LogP contribution in [0.1, 0.15) is 322 Å². The highest BCUT2D eigenvalue weighted by Crippen LogP contribution is 2.18. The van der Waals surface area contributed by atoms with Gasteiger partial charge in [-0.05, 0) is 83.5 Å². The van der Waals surface area contributed by atoms with Gasteiger partial charge >= 0.3 is 17.9 Å². The number of hydrogen-bond acceptors (Lipinski definition) is 7. The quantitative estimate of drug-likeness (QED) is 0.0211. The molecule has 0 aromatic heterocycles. The lowest BCUT2D eigenvalue weighted by atomic mass is 10.0. The molecule has 0 aliphatic carbocycles. The maximum Gasteiger partial charge on any atom is 0.361 e. The van der Waals surface area contributed by atoms with E-state index in [0.717, 1.165) is 77.0 Å². The number of ether oxygens (including phenoxy) is 4. The lowest BCUT2D eigenvalue weighted by Gasteiger charge is -2.25. The Morgan fingerprint density at radius 1 is 0.373 bits per heavy atom. The monoisotopic (exact) mass is 1170 g/mol. The summed E-state index contributed by atoms with van der Waals surface area (Å²) >= 11 is 0. The summed E-state index contributed by atoms with van der Waals surface area (Å²) in [5.41, 5.74) is 0. The van der Waals surface area contributed by atoms with Crippen LogP contribution in [0, 0.1) is 0 Å². The van der Waals surface area contributed by atoms with Gasteiger partial charge in [-0.15, -0.1) is 0 Å².